The summed E-state index contributed by atoms with van der Waals surface area (Å²) in [5.41, 5.74) is 7.38. The van der Waals surface area contributed by atoms with Crippen LogP contribution in [0, 0.1) is 0 Å². The van der Waals surface area contributed by atoms with Crippen molar-refractivity contribution in [1.82, 2.24) is 5.32 Å². The van der Waals surface area contributed by atoms with Gasteiger partial charge in [-0.1, -0.05) is 30.3 Å². The minimum Gasteiger partial charge on any atom is -0.484 e. The van der Waals surface area contributed by atoms with E-state index in [2.05, 4.69) is 5.32 Å². The number of rotatable bonds is 5. The van der Waals surface area contributed by atoms with Crippen LogP contribution >= 0.6 is 0 Å². The third-order valence-electron chi connectivity index (χ3n) is 2.90. The molecule has 4 heteroatoms. The molecular formula is C16H18N2O2. The van der Waals surface area contributed by atoms with Crippen LogP contribution in [-0.4, -0.2) is 12.5 Å². The van der Waals surface area contributed by atoms with E-state index in [-0.39, 0.29) is 18.6 Å². The highest BCUT2D eigenvalue weighted by Crippen LogP contribution is 2.15. The maximum Gasteiger partial charge on any atom is 0.258 e. The molecule has 2 aromatic rings. The zero-order valence-electron chi connectivity index (χ0n) is 11.4. The quantitative estimate of drug-likeness (QED) is 0.821. The molecule has 0 radical (unpaired) electrons. The number of ether oxygens (including phenoxy) is 1. The zero-order valence-corrected chi connectivity index (χ0v) is 11.4. The van der Waals surface area contributed by atoms with Gasteiger partial charge < -0.3 is 15.8 Å². The summed E-state index contributed by atoms with van der Waals surface area (Å²) in [6.07, 6.45) is 0. The van der Waals surface area contributed by atoms with Gasteiger partial charge in [0.05, 0.1) is 6.04 Å². The molecule has 1 unspecified atom stereocenters. The second kappa shape index (κ2) is 6.61. The maximum atomic E-state index is 11.8. The molecule has 0 saturated heterocycles. The number of para-hydroxylation sites is 1. The predicted octanol–water partition coefficient (Wildman–Crippen LogP) is 2.53. The van der Waals surface area contributed by atoms with Crippen LogP contribution in [0.3, 0.4) is 0 Å². The van der Waals surface area contributed by atoms with E-state index < -0.39 is 0 Å². The third kappa shape index (κ3) is 4.02. The lowest BCUT2D eigenvalue weighted by Crippen LogP contribution is -2.31. The van der Waals surface area contributed by atoms with Crippen molar-refractivity contribution in [2.45, 2.75) is 13.0 Å². The van der Waals surface area contributed by atoms with Gasteiger partial charge in [0.25, 0.3) is 5.91 Å². The summed E-state index contributed by atoms with van der Waals surface area (Å²) in [6, 6.07) is 16.6. The summed E-state index contributed by atoms with van der Waals surface area (Å²) in [7, 11) is 0. The highest BCUT2D eigenvalue weighted by Gasteiger charge is 2.10. The summed E-state index contributed by atoms with van der Waals surface area (Å²) in [6.45, 7) is 1.91. The van der Waals surface area contributed by atoms with Gasteiger partial charge in [0.1, 0.15) is 5.75 Å². The fourth-order valence-corrected chi connectivity index (χ4v) is 1.86. The van der Waals surface area contributed by atoms with Crippen LogP contribution in [0.1, 0.15) is 18.5 Å². The monoisotopic (exact) mass is 270 g/mol. The number of carbonyl (C=O) groups is 1. The van der Waals surface area contributed by atoms with Crippen molar-refractivity contribution in [1.29, 1.82) is 0 Å². The molecule has 2 aromatic carbocycles. The number of carbonyl (C=O) groups excluding carboxylic acids is 1. The number of nitrogens with two attached hydrogens (primary N) is 1. The van der Waals surface area contributed by atoms with Crippen molar-refractivity contribution in [2.75, 3.05) is 12.3 Å². The van der Waals surface area contributed by atoms with Crippen LogP contribution in [0.4, 0.5) is 5.69 Å². The van der Waals surface area contributed by atoms with Gasteiger partial charge in [-0.05, 0) is 36.8 Å². The Labute approximate surface area is 118 Å². The van der Waals surface area contributed by atoms with Gasteiger partial charge in [-0.2, -0.15) is 0 Å². The normalized spacial score (nSPS) is 11.7. The Balaban J connectivity index is 1.85. The molecule has 0 aliphatic rings. The van der Waals surface area contributed by atoms with E-state index in [1.54, 1.807) is 0 Å². The van der Waals surface area contributed by atoms with Gasteiger partial charge in [-0.15, -0.1) is 0 Å². The summed E-state index contributed by atoms with van der Waals surface area (Å²) < 4.78 is 5.39. The van der Waals surface area contributed by atoms with Crippen LogP contribution < -0.4 is 15.8 Å². The Morgan fingerprint density at radius 2 is 1.95 bits per heavy atom. The smallest absolute Gasteiger partial charge is 0.258 e. The van der Waals surface area contributed by atoms with E-state index in [1.807, 2.05) is 61.5 Å². The minimum absolute atomic E-state index is 0.00330. The lowest BCUT2D eigenvalue weighted by molar-refractivity contribution is -0.123. The number of anilines is 1. The van der Waals surface area contributed by atoms with E-state index in [1.165, 1.54) is 0 Å². The first-order chi connectivity index (χ1) is 9.65. The van der Waals surface area contributed by atoms with Gasteiger partial charge in [0, 0.05) is 5.69 Å². The third-order valence-corrected chi connectivity index (χ3v) is 2.90. The lowest BCUT2D eigenvalue weighted by Gasteiger charge is -2.15. The molecule has 0 bridgehead atoms. The van der Waals surface area contributed by atoms with Crippen LogP contribution in [-0.2, 0) is 4.79 Å². The van der Waals surface area contributed by atoms with Crippen LogP contribution in [0.2, 0.25) is 0 Å². The molecule has 2 rings (SSSR count). The van der Waals surface area contributed by atoms with Crippen molar-refractivity contribution in [3.05, 3.63) is 60.2 Å². The van der Waals surface area contributed by atoms with Crippen LogP contribution in [0.25, 0.3) is 0 Å². The van der Waals surface area contributed by atoms with E-state index >= 15 is 0 Å². The maximum absolute atomic E-state index is 11.8. The first-order valence-electron chi connectivity index (χ1n) is 6.48. The SMILES string of the molecule is CC(NC(=O)COc1ccccc1)c1cccc(N)c1. The molecule has 3 N–H and O–H groups in total. The van der Waals surface area contributed by atoms with Crippen molar-refractivity contribution in [2.24, 2.45) is 0 Å². The fraction of sp³-hybridized carbons (Fsp3) is 0.188. The number of hydrogen-bond acceptors (Lipinski definition) is 3. The van der Waals surface area contributed by atoms with Crippen LogP contribution in [0.5, 0.6) is 5.75 Å². The first kappa shape index (κ1) is 13.9. The average Bonchev–Trinajstić information content (AvgIpc) is 2.46. The topological polar surface area (TPSA) is 64.3 Å². The van der Waals surface area contributed by atoms with E-state index in [0.717, 1.165) is 5.56 Å². The fourth-order valence-electron chi connectivity index (χ4n) is 1.86. The summed E-state index contributed by atoms with van der Waals surface area (Å²) in [5, 5.41) is 2.87. The summed E-state index contributed by atoms with van der Waals surface area (Å²) in [5.74, 6) is 0.517. The molecule has 0 fully saturated rings. The molecule has 4 nitrogen and oxygen atoms in total. The second-order valence-corrected chi connectivity index (χ2v) is 4.56. The van der Waals surface area contributed by atoms with Gasteiger partial charge >= 0.3 is 0 Å². The van der Waals surface area contributed by atoms with Crippen molar-refractivity contribution >= 4 is 11.6 Å². The second-order valence-electron chi connectivity index (χ2n) is 4.56. The van der Waals surface area contributed by atoms with E-state index in [9.17, 15) is 4.79 Å². The zero-order chi connectivity index (χ0) is 14.4. The van der Waals surface area contributed by atoms with Gasteiger partial charge in [-0.25, -0.2) is 0 Å². The average molecular weight is 270 g/mol. The largest absolute Gasteiger partial charge is 0.484 e. The number of benzene rings is 2. The van der Waals surface area contributed by atoms with E-state index in [4.69, 9.17) is 10.5 Å². The highest BCUT2D eigenvalue weighted by atomic mass is 16.5. The predicted molar refractivity (Wildman–Crippen MR) is 79.3 cm³/mol. The number of nitrogen functional groups attached to an aromatic ring is 1. The van der Waals surface area contributed by atoms with Crippen molar-refractivity contribution < 1.29 is 9.53 Å². The Kier molecular flexibility index (Phi) is 4.60. The Morgan fingerprint density at radius 1 is 1.20 bits per heavy atom. The molecule has 0 aliphatic heterocycles. The van der Waals surface area contributed by atoms with Crippen molar-refractivity contribution in [3.8, 4) is 5.75 Å². The highest BCUT2D eigenvalue weighted by molar-refractivity contribution is 5.78. The van der Waals surface area contributed by atoms with Crippen molar-refractivity contribution in [3.63, 3.8) is 0 Å². The molecule has 0 saturated carbocycles. The molecular weight excluding hydrogens is 252 g/mol. The molecule has 104 valence electrons. The van der Waals surface area contributed by atoms with Gasteiger partial charge in [-0.3, -0.25) is 4.79 Å². The van der Waals surface area contributed by atoms with Crippen LogP contribution in [0.15, 0.2) is 54.6 Å². The van der Waals surface area contributed by atoms with E-state index in [0.29, 0.717) is 11.4 Å². The Bertz CT molecular complexity index is 570. The Hall–Kier alpha value is -2.49. The first-order valence-corrected chi connectivity index (χ1v) is 6.48. The molecule has 20 heavy (non-hydrogen) atoms. The summed E-state index contributed by atoms with van der Waals surface area (Å²) >= 11 is 0. The van der Waals surface area contributed by atoms with Gasteiger partial charge in [0.15, 0.2) is 6.61 Å². The Morgan fingerprint density at radius 3 is 2.65 bits per heavy atom. The standard InChI is InChI=1S/C16H18N2O2/c1-12(13-6-5-7-14(17)10-13)18-16(19)11-20-15-8-3-2-4-9-15/h2-10,12H,11,17H2,1H3,(H,18,19). The number of amides is 1. The molecule has 0 heterocycles. The molecule has 1 amide bonds. The minimum atomic E-state index is -0.163. The molecule has 0 aliphatic carbocycles. The number of nitrogens with one attached hydrogen (secondary N) is 1. The summed E-state index contributed by atoms with van der Waals surface area (Å²) in [4.78, 5) is 11.8. The lowest BCUT2D eigenvalue weighted by atomic mass is 10.1. The molecule has 0 spiro atoms. The molecule has 0 aromatic heterocycles. The number of hydrogen-bond donors (Lipinski definition) is 2. The molecule has 1 atom stereocenters. The van der Waals surface area contributed by atoms with Gasteiger partial charge in [0.2, 0.25) is 0 Å².